The van der Waals surface area contributed by atoms with E-state index in [4.69, 9.17) is 28.6 Å². The van der Waals surface area contributed by atoms with E-state index < -0.39 is 0 Å². The number of benzene rings is 2. The molecule has 0 aromatic heterocycles. The molecular formula is C18H16ClNO2S. The Morgan fingerprint density at radius 1 is 1.26 bits per heavy atom. The second-order valence-electron chi connectivity index (χ2n) is 5.47. The first-order valence-corrected chi connectivity index (χ1v) is 8.14. The van der Waals surface area contributed by atoms with Crippen LogP contribution in [0.15, 0.2) is 42.5 Å². The molecule has 1 N–H and O–H groups in total. The Morgan fingerprint density at radius 2 is 2.00 bits per heavy atom. The fraction of sp³-hybridized carbons (Fsp3) is 0.222. The molecule has 1 atom stereocenters. The maximum absolute atomic E-state index is 12.8. The average molecular weight is 346 g/mol. The number of hydrogen-bond donors (Lipinski definition) is 1. The molecule has 0 fully saturated rings. The van der Waals surface area contributed by atoms with Gasteiger partial charge in [-0.15, -0.1) is 0 Å². The quantitative estimate of drug-likeness (QED) is 0.829. The number of carbonyl (C=O) groups excluding carboxylic acids is 1. The molecule has 3 nitrogen and oxygen atoms in total. The minimum absolute atomic E-state index is 0.0524. The SMILES string of the molecule is COc1ccc2c(c1)C(=O)C(C(=S)Nc1ccc(Cl)cc1)CC2. The molecule has 3 rings (SSSR count). The van der Waals surface area contributed by atoms with Crippen molar-refractivity contribution in [3.63, 3.8) is 0 Å². The third kappa shape index (κ3) is 3.38. The van der Waals surface area contributed by atoms with Crippen molar-refractivity contribution < 1.29 is 9.53 Å². The maximum atomic E-state index is 12.8. The number of anilines is 1. The fourth-order valence-electron chi connectivity index (χ4n) is 2.76. The summed E-state index contributed by atoms with van der Waals surface area (Å²) in [7, 11) is 1.60. The van der Waals surface area contributed by atoms with Gasteiger partial charge in [-0.25, -0.2) is 0 Å². The number of thiocarbonyl (C=S) groups is 1. The lowest BCUT2D eigenvalue weighted by Gasteiger charge is -2.25. The number of ketones is 1. The molecular weight excluding hydrogens is 330 g/mol. The summed E-state index contributed by atoms with van der Waals surface area (Å²) in [6.07, 6.45) is 1.55. The van der Waals surface area contributed by atoms with Gasteiger partial charge >= 0.3 is 0 Å². The van der Waals surface area contributed by atoms with Gasteiger partial charge in [0.05, 0.1) is 18.0 Å². The number of carbonyl (C=O) groups is 1. The molecule has 0 spiro atoms. The number of aryl methyl sites for hydroxylation is 1. The van der Waals surface area contributed by atoms with Gasteiger partial charge in [-0.2, -0.15) is 0 Å². The number of halogens is 1. The van der Waals surface area contributed by atoms with Crippen LogP contribution >= 0.6 is 23.8 Å². The number of Topliss-reactive ketones (excluding diaryl/α,β-unsaturated/α-hetero) is 1. The van der Waals surface area contributed by atoms with Gasteiger partial charge < -0.3 is 10.1 Å². The molecule has 1 aliphatic carbocycles. The zero-order valence-electron chi connectivity index (χ0n) is 12.6. The van der Waals surface area contributed by atoms with Crippen LogP contribution in [0.5, 0.6) is 5.75 Å². The Morgan fingerprint density at radius 3 is 2.70 bits per heavy atom. The summed E-state index contributed by atoms with van der Waals surface area (Å²) in [6.45, 7) is 0. The van der Waals surface area contributed by atoms with Crippen LogP contribution in [-0.4, -0.2) is 17.9 Å². The maximum Gasteiger partial charge on any atom is 0.173 e. The average Bonchev–Trinajstić information content (AvgIpc) is 2.57. The van der Waals surface area contributed by atoms with Crippen LogP contribution in [0.25, 0.3) is 0 Å². The van der Waals surface area contributed by atoms with E-state index in [0.717, 1.165) is 24.1 Å². The molecule has 0 amide bonds. The van der Waals surface area contributed by atoms with E-state index in [1.165, 1.54) is 0 Å². The third-order valence-electron chi connectivity index (χ3n) is 4.03. The molecule has 2 aromatic rings. The molecule has 2 aromatic carbocycles. The van der Waals surface area contributed by atoms with Gasteiger partial charge in [-0.3, -0.25) is 4.79 Å². The normalized spacial score (nSPS) is 16.6. The Balaban J connectivity index is 1.79. The van der Waals surface area contributed by atoms with Crippen molar-refractivity contribution in [3.05, 3.63) is 58.6 Å². The van der Waals surface area contributed by atoms with E-state index in [9.17, 15) is 4.79 Å². The lowest BCUT2D eigenvalue weighted by molar-refractivity contribution is 0.0941. The van der Waals surface area contributed by atoms with Crippen LogP contribution in [0.1, 0.15) is 22.3 Å². The monoisotopic (exact) mass is 345 g/mol. The lowest BCUT2D eigenvalue weighted by atomic mass is 9.82. The van der Waals surface area contributed by atoms with E-state index >= 15 is 0 Å². The number of rotatable bonds is 3. The molecule has 1 unspecified atom stereocenters. The first kappa shape index (κ1) is 16.0. The molecule has 0 aliphatic heterocycles. The highest BCUT2D eigenvalue weighted by Gasteiger charge is 2.30. The Labute approximate surface area is 145 Å². The topological polar surface area (TPSA) is 38.3 Å². The molecule has 0 heterocycles. The highest BCUT2D eigenvalue weighted by Crippen LogP contribution is 2.30. The zero-order chi connectivity index (χ0) is 16.4. The highest BCUT2D eigenvalue weighted by molar-refractivity contribution is 7.80. The van der Waals surface area contributed by atoms with Gasteiger partial charge in [-0.1, -0.05) is 29.9 Å². The molecule has 118 valence electrons. The first-order valence-electron chi connectivity index (χ1n) is 7.36. The van der Waals surface area contributed by atoms with Gasteiger partial charge in [0.1, 0.15) is 5.75 Å². The fourth-order valence-corrected chi connectivity index (χ4v) is 3.23. The Bertz CT molecular complexity index is 758. The van der Waals surface area contributed by atoms with Gasteiger partial charge in [0.15, 0.2) is 5.78 Å². The number of hydrogen-bond acceptors (Lipinski definition) is 3. The van der Waals surface area contributed by atoms with E-state index in [1.807, 2.05) is 24.3 Å². The lowest BCUT2D eigenvalue weighted by Crippen LogP contribution is -2.32. The largest absolute Gasteiger partial charge is 0.497 e. The van der Waals surface area contributed by atoms with E-state index in [1.54, 1.807) is 25.3 Å². The molecule has 23 heavy (non-hydrogen) atoms. The summed E-state index contributed by atoms with van der Waals surface area (Å²) in [5, 5.41) is 3.81. The summed E-state index contributed by atoms with van der Waals surface area (Å²) in [5.41, 5.74) is 2.60. The second-order valence-corrected chi connectivity index (χ2v) is 6.35. The smallest absolute Gasteiger partial charge is 0.173 e. The number of nitrogens with one attached hydrogen (secondary N) is 1. The summed E-state index contributed by atoms with van der Waals surface area (Å²) in [6, 6.07) is 12.9. The molecule has 0 radical (unpaired) electrons. The van der Waals surface area contributed by atoms with Crippen LogP contribution < -0.4 is 10.1 Å². The van der Waals surface area contributed by atoms with Crippen LogP contribution in [0.4, 0.5) is 5.69 Å². The third-order valence-corrected chi connectivity index (χ3v) is 4.67. The summed E-state index contributed by atoms with van der Waals surface area (Å²) in [4.78, 5) is 13.3. The van der Waals surface area contributed by atoms with E-state index in [2.05, 4.69) is 5.32 Å². The molecule has 5 heteroatoms. The predicted octanol–water partition coefficient (Wildman–Crippen LogP) is 4.53. The zero-order valence-corrected chi connectivity index (χ0v) is 14.2. The van der Waals surface area contributed by atoms with Gasteiger partial charge in [0, 0.05) is 16.3 Å². The van der Waals surface area contributed by atoms with Crippen molar-refractivity contribution in [1.29, 1.82) is 0 Å². The number of fused-ring (bicyclic) bond motifs is 1. The van der Waals surface area contributed by atoms with Crippen molar-refractivity contribution in [2.45, 2.75) is 12.8 Å². The molecule has 0 saturated heterocycles. The molecule has 1 aliphatic rings. The van der Waals surface area contributed by atoms with Crippen molar-refractivity contribution >= 4 is 40.3 Å². The summed E-state index contributed by atoms with van der Waals surface area (Å²) in [5.74, 6) is 0.436. The van der Waals surface area contributed by atoms with Crippen molar-refractivity contribution in [2.24, 2.45) is 5.92 Å². The van der Waals surface area contributed by atoms with Gasteiger partial charge in [-0.05, 0) is 54.8 Å². The van der Waals surface area contributed by atoms with E-state index in [-0.39, 0.29) is 11.7 Å². The van der Waals surface area contributed by atoms with Crippen LogP contribution in [0.3, 0.4) is 0 Å². The van der Waals surface area contributed by atoms with Crippen LogP contribution in [0.2, 0.25) is 5.02 Å². The second kappa shape index (κ2) is 6.69. The minimum atomic E-state index is -0.305. The predicted molar refractivity (Wildman–Crippen MR) is 96.8 cm³/mol. The van der Waals surface area contributed by atoms with Crippen molar-refractivity contribution in [2.75, 3.05) is 12.4 Å². The van der Waals surface area contributed by atoms with Gasteiger partial charge in [0.2, 0.25) is 0 Å². The van der Waals surface area contributed by atoms with Crippen molar-refractivity contribution in [1.82, 2.24) is 0 Å². The standard InChI is InChI=1S/C18H16ClNO2S/c1-22-14-8-2-11-3-9-15(17(21)16(11)10-14)18(23)20-13-6-4-12(19)5-7-13/h2,4-8,10,15H,3,9H2,1H3,(H,20,23). The minimum Gasteiger partial charge on any atom is -0.497 e. The van der Waals surface area contributed by atoms with Crippen LogP contribution in [0, 0.1) is 5.92 Å². The molecule has 0 bridgehead atoms. The van der Waals surface area contributed by atoms with E-state index in [0.29, 0.717) is 21.3 Å². The number of ether oxygens (including phenoxy) is 1. The first-order chi connectivity index (χ1) is 11.1. The summed E-state index contributed by atoms with van der Waals surface area (Å²) < 4.78 is 5.22. The number of methoxy groups -OCH3 is 1. The summed E-state index contributed by atoms with van der Waals surface area (Å²) >= 11 is 11.3. The van der Waals surface area contributed by atoms with Crippen molar-refractivity contribution in [3.8, 4) is 5.75 Å². The van der Waals surface area contributed by atoms with Gasteiger partial charge in [0.25, 0.3) is 0 Å². The van der Waals surface area contributed by atoms with Crippen LogP contribution in [-0.2, 0) is 6.42 Å². The highest BCUT2D eigenvalue weighted by atomic mass is 35.5. The Kier molecular flexibility index (Phi) is 4.64. The molecule has 0 saturated carbocycles. The Hall–Kier alpha value is -1.91.